The first kappa shape index (κ1) is 13.5. The van der Waals surface area contributed by atoms with Crippen LogP contribution in [0.2, 0.25) is 0 Å². The Bertz CT molecular complexity index is 786. The van der Waals surface area contributed by atoms with Crippen molar-refractivity contribution in [1.29, 1.82) is 0 Å². The maximum absolute atomic E-state index is 4.30. The monoisotopic (exact) mass is 292 g/mol. The van der Waals surface area contributed by atoms with E-state index in [0.717, 1.165) is 16.7 Å². The Morgan fingerprint density at radius 2 is 2.00 bits per heavy atom. The lowest BCUT2D eigenvalue weighted by Gasteiger charge is -2.24. The van der Waals surface area contributed by atoms with Crippen molar-refractivity contribution < 1.29 is 0 Å². The fraction of sp³-hybridized carbons (Fsp3) is 0.333. The highest BCUT2D eigenvalue weighted by Gasteiger charge is 2.20. The molecule has 3 aromatic rings. The third-order valence-electron chi connectivity index (χ3n) is 4.68. The van der Waals surface area contributed by atoms with E-state index in [1.54, 1.807) is 6.20 Å². The van der Waals surface area contributed by atoms with Gasteiger partial charge >= 0.3 is 0 Å². The van der Waals surface area contributed by atoms with E-state index in [0.29, 0.717) is 6.04 Å². The van der Waals surface area contributed by atoms with Gasteiger partial charge < -0.3 is 0 Å². The van der Waals surface area contributed by atoms with E-state index in [-0.39, 0.29) is 0 Å². The summed E-state index contributed by atoms with van der Waals surface area (Å²) in [5.41, 5.74) is 4.37. The van der Waals surface area contributed by atoms with Crippen LogP contribution in [-0.2, 0) is 0 Å². The van der Waals surface area contributed by atoms with E-state index in [2.05, 4.69) is 57.3 Å². The molecule has 1 saturated heterocycles. The number of aromatic nitrogens is 3. The lowest BCUT2D eigenvalue weighted by molar-refractivity contribution is 0.263. The van der Waals surface area contributed by atoms with Gasteiger partial charge in [-0.25, -0.2) is 4.98 Å². The van der Waals surface area contributed by atoms with Gasteiger partial charge in [-0.2, -0.15) is 5.10 Å². The minimum Gasteiger partial charge on any atom is -0.297 e. The summed E-state index contributed by atoms with van der Waals surface area (Å²) >= 11 is 0. The van der Waals surface area contributed by atoms with Crippen molar-refractivity contribution in [1.82, 2.24) is 20.1 Å². The molecule has 0 spiro atoms. The largest absolute Gasteiger partial charge is 0.297 e. The highest BCUT2D eigenvalue weighted by Crippen LogP contribution is 2.30. The van der Waals surface area contributed by atoms with Gasteiger partial charge in [0.25, 0.3) is 0 Å². The van der Waals surface area contributed by atoms with Crippen LogP contribution >= 0.6 is 0 Å². The molecule has 4 rings (SSSR count). The number of benzene rings is 1. The number of hydrogen-bond donors (Lipinski definition) is 1. The van der Waals surface area contributed by atoms with E-state index in [1.807, 2.05) is 6.07 Å². The summed E-state index contributed by atoms with van der Waals surface area (Å²) in [5.74, 6) is 0. The van der Waals surface area contributed by atoms with Crippen LogP contribution in [0.15, 0.2) is 42.6 Å². The summed E-state index contributed by atoms with van der Waals surface area (Å²) < 4.78 is 0. The van der Waals surface area contributed by atoms with Crippen LogP contribution in [-0.4, -0.2) is 33.2 Å². The molecule has 0 aliphatic carbocycles. The molecular weight excluding hydrogens is 272 g/mol. The number of hydrogen-bond acceptors (Lipinski definition) is 3. The van der Waals surface area contributed by atoms with Gasteiger partial charge in [0.1, 0.15) is 0 Å². The highest BCUT2D eigenvalue weighted by atomic mass is 15.2. The van der Waals surface area contributed by atoms with Gasteiger partial charge in [0.2, 0.25) is 0 Å². The van der Waals surface area contributed by atoms with Gasteiger partial charge in [-0.1, -0.05) is 18.2 Å². The molecule has 4 heteroatoms. The van der Waals surface area contributed by atoms with Gasteiger partial charge in [-0.15, -0.1) is 0 Å². The highest BCUT2D eigenvalue weighted by molar-refractivity contribution is 5.90. The number of aromatic amines is 1. The van der Waals surface area contributed by atoms with E-state index in [1.165, 1.54) is 37.1 Å². The van der Waals surface area contributed by atoms with E-state index < -0.39 is 0 Å². The summed E-state index contributed by atoms with van der Waals surface area (Å²) in [6, 6.07) is 13.3. The van der Waals surface area contributed by atoms with Crippen molar-refractivity contribution in [2.45, 2.75) is 25.8 Å². The summed E-state index contributed by atoms with van der Waals surface area (Å²) in [7, 11) is 0. The van der Waals surface area contributed by atoms with Crippen LogP contribution in [0.1, 0.15) is 31.4 Å². The van der Waals surface area contributed by atoms with Gasteiger partial charge in [0.05, 0.1) is 5.69 Å². The quantitative estimate of drug-likeness (QED) is 0.799. The molecule has 0 radical (unpaired) electrons. The maximum Gasteiger partial charge on any atom is 0.181 e. The fourth-order valence-corrected chi connectivity index (χ4v) is 3.36. The summed E-state index contributed by atoms with van der Waals surface area (Å²) in [6.45, 7) is 4.72. The van der Waals surface area contributed by atoms with Gasteiger partial charge in [-0.05, 0) is 56.6 Å². The van der Waals surface area contributed by atoms with Gasteiger partial charge in [0.15, 0.2) is 5.65 Å². The molecule has 1 atom stereocenters. The summed E-state index contributed by atoms with van der Waals surface area (Å²) in [6.07, 6.45) is 4.42. The molecule has 4 nitrogen and oxygen atoms in total. The minimum atomic E-state index is 0.467. The number of pyridine rings is 1. The standard InChI is InChI=1S/C18H20N4/c1-13(22-10-2-3-11-22)14-6-4-7-15(12-14)17-16-8-5-9-19-18(16)21-20-17/h4-9,12-13H,2-3,10-11H2,1H3,(H,19,20,21)/t13-/m0/s1. The number of fused-ring (bicyclic) bond motifs is 1. The van der Waals surface area contributed by atoms with Crippen molar-refractivity contribution in [2.75, 3.05) is 13.1 Å². The number of rotatable bonds is 3. The minimum absolute atomic E-state index is 0.467. The molecular formula is C18H20N4. The molecule has 0 saturated carbocycles. The Labute approximate surface area is 130 Å². The Morgan fingerprint density at radius 3 is 2.86 bits per heavy atom. The molecule has 1 fully saturated rings. The third-order valence-corrected chi connectivity index (χ3v) is 4.68. The molecule has 112 valence electrons. The smallest absolute Gasteiger partial charge is 0.181 e. The predicted molar refractivity (Wildman–Crippen MR) is 88.5 cm³/mol. The molecule has 3 heterocycles. The topological polar surface area (TPSA) is 44.8 Å². The lowest BCUT2D eigenvalue weighted by Crippen LogP contribution is -2.23. The molecule has 0 bridgehead atoms. The zero-order chi connectivity index (χ0) is 14.9. The van der Waals surface area contributed by atoms with Crippen molar-refractivity contribution in [3.05, 3.63) is 48.2 Å². The Hall–Kier alpha value is -2.20. The third kappa shape index (κ3) is 2.29. The second kappa shape index (κ2) is 5.54. The van der Waals surface area contributed by atoms with Crippen molar-refractivity contribution in [2.24, 2.45) is 0 Å². The Morgan fingerprint density at radius 1 is 1.14 bits per heavy atom. The average molecular weight is 292 g/mol. The first-order valence-electron chi connectivity index (χ1n) is 7.96. The Kier molecular flexibility index (Phi) is 3.39. The zero-order valence-corrected chi connectivity index (χ0v) is 12.8. The lowest BCUT2D eigenvalue weighted by atomic mass is 10.0. The van der Waals surface area contributed by atoms with Crippen LogP contribution in [0.4, 0.5) is 0 Å². The number of nitrogens with one attached hydrogen (secondary N) is 1. The summed E-state index contributed by atoms with van der Waals surface area (Å²) in [4.78, 5) is 6.86. The molecule has 1 aliphatic heterocycles. The molecule has 1 N–H and O–H groups in total. The van der Waals surface area contributed by atoms with Gasteiger partial charge in [-0.3, -0.25) is 10.00 Å². The molecule has 0 unspecified atom stereocenters. The Balaban J connectivity index is 1.72. The molecule has 22 heavy (non-hydrogen) atoms. The SMILES string of the molecule is C[C@@H](c1cccc(-c2[nH]nc3ncccc23)c1)N1CCCC1. The van der Waals surface area contributed by atoms with Crippen LogP contribution in [0.5, 0.6) is 0 Å². The maximum atomic E-state index is 4.30. The average Bonchev–Trinajstić information content (AvgIpc) is 3.24. The second-order valence-corrected chi connectivity index (χ2v) is 6.02. The molecule has 2 aromatic heterocycles. The van der Waals surface area contributed by atoms with Gasteiger partial charge in [0, 0.05) is 23.2 Å². The van der Waals surface area contributed by atoms with Crippen molar-refractivity contribution >= 4 is 11.0 Å². The molecule has 1 aromatic carbocycles. The zero-order valence-electron chi connectivity index (χ0n) is 12.8. The number of H-pyrrole nitrogens is 1. The number of nitrogens with zero attached hydrogens (tertiary/aromatic N) is 3. The van der Waals surface area contributed by atoms with Crippen LogP contribution in [0, 0.1) is 0 Å². The van der Waals surface area contributed by atoms with Crippen molar-refractivity contribution in [3.63, 3.8) is 0 Å². The van der Waals surface area contributed by atoms with E-state index >= 15 is 0 Å². The number of likely N-dealkylation sites (tertiary alicyclic amines) is 1. The first-order chi connectivity index (χ1) is 10.8. The van der Waals surface area contributed by atoms with Crippen LogP contribution in [0.25, 0.3) is 22.3 Å². The van der Waals surface area contributed by atoms with E-state index in [9.17, 15) is 0 Å². The first-order valence-corrected chi connectivity index (χ1v) is 7.96. The van der Waals surface area contributed by atoms with Crippen LogP contribution in [0.3, 0.4) is 0 Å². The molecule has 0 amide bonds. The van der Waals surface area contributed by atoms with Crippen molar-refractivity contribution in [3.8, 4) is 11.3 Å². The van der Waals surface area contributed by atoms with Crippen LogP contribution < -0.4 is 0 Å². The summed E-state index contributed by atoms with van der Waals surface area (Å²) in [5, 5.41) is 8.52. The fourth-order valence-electron chi connectivity index (χ4n) is 3.36. The normalized spacial score (nSPS) is 17.1. The second-order valence-electron chi connectivity index (χ2n) is 6.02. The molecule has 1 aliphatic rings. The van der Waals surface area contributed by atoms with E-state index in [4.69, 9.17) is 0 Å². The predicted octanol–water partition coefficient (Wildman–Crippen LogP) is 3.78.